The van der Waals surface area contributed by atoms with Gasteiger partial charge in [-0.25, -0.2) is 0 Å². The Labute approximate surface area is 129 Å². The fourth-order valence-electron chi connectivity index (χ4n) is 2.42. The molecule has 0 aliphatic carbocycles. The summed E-state index contributed by atoms with van der Waals surface area (Å²) in [6, 6.07) is 10.5. The Morgan fingerprint density at radius 3 is 2.62 bits per heavy atom. The van der Waals surface area contributed by atoms with E-state index in [0.717, 1.165) is 49.7 Å². The van der Waals surface area contributed by atoms with Crippen LogP contribution in [0, 0.1) is 0 Å². The maximum atomic E-state index is 5.43. The minimum atomic E-state index is 0.758. The predicted octanol–water partition coefficient (Wildman–Crippen LogP) is 2.28. The number of hydrogen-bond donors (Lipinski definition) is 0. The van der Waals surface area contributed by atoms with Crippen molar-refractivity contribution in [2.24, 2.45) is 0 Å². The first kappa shape index (κ1) is 14.4. The summed E-state index contributed by atoms with van der Waals surface area (Å²) in [5, 5.41) is 9.78. The standard InChI is InChI=1S/C15H20N4OS/c1-2-21-15-17-16-14(18-8-10-20-11-9-18)19(15)12-13-6-4-3-5-7-13/h3-7H,2,8-12H2,1H3. The molecule has 6 heteroatoms. The number of thioether (sulfide) groups is 1. The first-order chi connectivity index (χ1) is 10.4. The van der Waals surface area contributed by atoms with Gasteiger partial charge in [0.05, 0.1) is 19.8 Å². The molecule has 1 aliphatic rings. The lowest BCUT2D eigenvalue weighted by Crippen LogP contribution is -2.38. The summed E-state index contributed by atoms with van der Waals surface area (Å²) < 4.78 is 7.65. The molecule has 1 saturated heterocycles. The Bertz CT molecular complexity index is 566. The number of ether oxygens (including phenoxy) is 1. The molecule has 1 fully saturated rings. The molecule has 0 amide bonds. The minimum absolute atomic E-state index is 0.758. The molecule has 0 spiro atoms. The van der Waals surface area contributed by atoms with Gasteiger partial charge in [0.1, 0.15) is 0 Å². The molecule has 3 rings (SSSR count). The van der Waals surface area contributed by atoms with Crippen LogP contribution < -0.4 is 4.90 Å². The summed E-state index contributed by atoms with van der Waals surface area (Å²) in [4.78, 5) is 2.26. The highest BCUT2D eigenvalue weighted by molar-refractivity contribution is 7.99. The molecule has 2 aromatic rings. The maximum absolute atomic E-state index is 5.43. The summed E-state index contributed by atoms with van der Waals surface area (Å²) in [6.45, 7) is 6.22. The Kier molecular flexibility index (Phi) is 4.77. The average Bonchev–Trinajstić information content (AvgIpc) is 2.92. The van der Waals surface area contributed by atoms with Crippen LogP contribution in [0.15, 0.2) is 35.5 Å². The second-order valence-electron chi connectivity index (χ2n) is 4.89. The number of aromatic nitrogens is 3. The fraction of sp³-hybridized carbons (Fsp3) is 0.467. The third-order valence-electron chi connectivity index (χ3n) is 3.45. The summed E-state index contributed by atoms with van der Waals surface area (Å²) in [7, 11) is 0. The fourth-order valence-corrected chi connectivity index (χ4v) is 3.08. The van der Waals surface area contributed by atoms with Gasteiger partial charge in [0, 0.05) is 13.1 Å². The lowest BCUT2D eigenvalue weighted by Gasteiger charge is -2.28. The van der Waals surface area contributed by atoms with Crippen molar-refractivity contribution < 1.29 is 4.74 Å². The quantitative estimate of drug-likeness (QED) is 0.793. The van der Waals surface area contributed by atoms with Crippen molar-refractivity contribution in [3.05, 3.63) is 35.9 Å². The predicted molar refractivity (Wildman–Crippen MR) is 85.0 cm³/mol. The molecule has 1 aromatic heterocycles. The van der Waals surface area contributed by atoms with Crippen LogP contribution in [0.3, 0.4) is 0 Å². The van der Waals surface area contributed by atoms with Crippen molar-refractivity contribution in [3.63, 3.8) is 0 Å². The zero-order chi connectivity index (χ0) is 14.5. The van der Waals surface area contributed by atoms with E-state index in [0.29, 0.717) is 0 Å². The lowest BCUT2D eigenvalue weighted by molar-refractivity contribution is 0.121. The van der Waals surface area contributed by atoms with Crippen LogP contribution in [0.4, 0.5) is 5.95 Å². The normalized spacial score (nSPS) is 15.4. The van der Waals surface area contributed by atoms with Gasteiger partial charge in [-0.15, -0.1) is 10.2 Å². The molecule has 0 saturated carbocycles. The Morgan fingerprint density at radius 1 is 1.14 bits per heavy atom. The van der Waals surface area contributed by atoms with Gasteiger partial charge < -0.3 is 9.64 Å². The number of morpholine rings is 1. The van der Waals surface area contributed by atoms with Gasteiger partial charge in [0.25, 0.3) is 0 Å². The molecule has 0 unspecified atom stereocenters. The van der Waals surface area contributed by atoms with Crippen LogP contribution in [0.25, 0.3) is 0 Å². The second-order valence-corrected chi connectivity index (χ2v) is 6.12. The van der Waals surface area contributed by atoms with Crippen LogP contribution in [-0.4, -0.2) is 46.8 Å². The van der Waals surface area contributed by atoms with Crippen molar-refractivity contribution in [1.29, 1.82) is 0 Å². The van der Waals surface area contributed by atoms with Gasteiger partial charge in [0.2, 0.25) is 5.95 Å². The molecule has 21 heavy (non-hydrogen) atoms. The maximum Gasteiger partial charge on any atom is 0.228 e. The van der Waals surface area contributed by atoms with Crippen LogP contribution in [0.2, 0.25) is 0 Å². The first-order valence-corrected chi connectivity index (χ1v) is 8.29. The van der Waals surface area contributed by atoms with Gasteiger partial charge in [-0.3, -0.25) is 4.57 Å². The smallest absolute Gasteiger partial charge is 0.228 e. The second kappa shape index (κ2) is 6.95. The van der Waals surface area contributed by atoms with Gasteiger partial charge in [-0.2, -0.15) is 0 Å². The minimum Gasteiger partial charge on any atom is -0.378 e. The van der Waals surface area contributed by atoms with E-state index in [1.54, 1.807) is 11.8 Å². The number of hydrogen-bond acceptors (Lipinski definition) is 5. The third-order valence-corrected chi connectivity index (χ3v) is 4.30. The monoisotopic (exact) mass is 304 g/mol. The highest BCUT2D eigenvalue weighted by atomic mass is 32.2. The Balaban J connectivity index is 1.88. The zero-order valence-electron chi connectivity index (χ0n) is 12.2. The summed E-state index contributed by atoms with van der Waals surface area (Å²) in [5.41, 5.74) is 1.27. The third kappa shape index (κ3) is 3.39. The zero-order valence-corrected chi connectivity index (χ0v) is 13.1. The number of benzene rings is 1. The number of anilines is 1. The van der Waals surface area contributed by atoms with E-state index in [9.17, 15) is 0 Å². The molecule has 1 aromatic carbocycles. The van der Waals surface area contributed by atoms with Gasteiger partial charge >= 0.3 is 0 Å². The van der Waals surface area contributed by atoms with E-state index < -0.39 is 0 Å². The highest BCUT2D eigenvalue weighted by Gasteiger charge is 2.20. The van der Waals surface area contributed by atoms with Crippen molar-refractivity contribution in [2.45, 2.75) is 18.6 Å². The van der Waals surface area contributed by atoms with E-state index in [1.807, 2.05) is 6.07 Å². The molecular formula is C15H20N4OS. The van der Waals surface area contributed by atoms with Gasteiger partial charge in [0.15, 0.2) is 5.16 Å². The van der Waals surface area contributed by atoms with E-state index in [2.05, 4.69) is 50.9 Å². The Hall–Kier alpha value is -1.53. The molecule has 0 atom stereocenters. The van der Waals surface area contributed by atoms with E-state index >= 15 is 0 Å². The summed E-state index contributed by atoms with van der Waals surface area (Å²) in [5.74, 6) is 1.95. The molecule has 1 aliphatic heterocycles. The molecule has 0 bridgehead atoms. The Morgan fingerprint density at radius 2 is 1.90 bits per heavy atom. The van der Waals surface area contributed by atoms with E-state index in [1.165, 1.54) is 5.56 Å². The molecule has 0 radical (unpaired) electrons. The largest absolute Gasteiger partial charge is 0.378 e. The molecule has 112 valence electrons. The number of nitrogens with zero attached hydrogens (tertiary/aromatic N) is 4. The van der Waals surface area contributed by atoms with Crippen LogP contribution in [-0.2, 0) is 11.3 Å². The van der Waals surface area contributed by atoms with Gasteiger partial charge in [-0.1, -0.05) is 49.0 Å². The van der Waals surface area contributed by atoms with Crippen molar-refractivity contribution in [3.8, 4) is 0 Å². The summed E-state index contributed by atoms with van der Waals surface area (Å²) in [6.07, 6.45) is 0. The highest BCUT2D eigenvalue weighted by Crippen LogP contribution is 2.23. The SMILES string of the molecule is CCSc1nnc(N2CCOCC2)n1Cc1ccccc1. The van der Waals surface area contributed by atoms with E-state index in [4.69, 9.17) is 4.74 Å². The molecular weight excluding hydrogens is 284 g/mol. The number of rotatable bonds is 5. The average molecular weight is 304 g/mol. The molecule has 0 N–H and O–H groups in total. The van der Waals surface area contributed by atoms with Crippen LogP contribution >= 0.6 is 11.8 Å². The molecule has 5 nitrogen and oxygen atoms in total. The van der Waals surface area contributed by atoms with Crippen LogP contribution in [0.1, 0.15) is 12.5 Å². The van der Waals surface area contributed by atoms with Crippen molar-refractivity contribution in [1.82, 2.24) is 14.8 Å². The molecule has 2 heterocycles. The summed E-state index contributed by atoms with van der Waals surface area (Å²) >= 11 is 1.74. The van der Waals surface area contributed by atoms with Gasteiger partial charge in [-0.05, 0) is 11.3 Å². The first-order valence-electron chi connectivity index (χ1n) is 7.31. The lowest BCUT2D eigenvalue weighted by atomic mass is 10.2. The topological polar surface area (TPSA) is 43.2 Å². The van der Waals surface area contributed by atoms with Crippen LogP contribution in [0.5, 0.6) is 0 Å². The van der Waals surface area contributed by atoms with Crippen molar-refractivity contribution in [2.75, 3.05) is 37.0 Å². The van der Waals surface area contributed by atoms with Crippen molar-refractivity contribution >= 4 is 17.7 Å². The van der Waals surface area contributed by atoms with E-state index in [-0.39, 0.29) is 0 Å².